The van der Waals surface area contributed by atoms with Crippen LogP contribution in [0.15, 0.2) is 58.3 Å². The van der Waals surface area contributed by atoms with Gasteiger partial charge in [-0.15, -0.1) is 0 Å². The molecule has 2 heterocycles. The van der Waals surface area contributed by atoms with Gasteiger partial charge in [0.2, 0.25) is 0 Å². The van der Waals surface area contributed by atoms with Gasteiger partial charge in [-0.05, 0) is 18.6 Å². The molecule has 4 rings (SSSR count). The van der Waals surface area contributed by atoms with Crippen molar-refractivity contribution in [2.75, 3.05) is 13.2 Å². The third-order valence-electron chi connectivity index (χ3n) is 5.03. The van der Waals surface area contributed by atoms with E-state index in [2.05, 4.69) is 24.3 Å². The minimum atomic E-state index is -0.768. The normalized spacial score (nSPS) is 20.8. The molecule has 2 aromatic rings. The highest BCUT2D eigenvalue weighted by Gasteiger charge is 2.51. The van der Waals surface area contributed by atoms with E-state index in [1.54, 1.807) is 11.8 Å². The molecule has 2 aromatic carbocycles. The van der Waals surface area contributed by atoms with Crippen LogP contribution in [0.25, 0.3) is 0 Å². The van der Waals surface area contributed by atoms with E-state index in [0.717, 1.165) is 27.3 Å². The van der Waals surface area contributed by atoms with E-state index in [-0.39, 0.29) is 17.8 Å². The molecule has 0 radical (unpaired) electrons. The third kappa shape index (κ3) is 2.68. The first-order valence-corrected chi connectivity index (χ1v) is 9.62. The van der Waals surface area contributed by atoms with E-state index in [1.165, 1.54) is 0 Å². The highest BCUT2D eigenvalue weighted by molar-refractivity contribution is 7.99. The summed E-state index contributed by atoms with van der Waals surface area (Å²) in [6.07, 6.45) is 0.888. The maximum Gasteiger partial charge on any atom is 0.309 e. The van der Waals surface area contributed by atoms with Crippen LogP contribution in [-0.4, -0.2) is 19.2 Å². The maximum atomic E-state index is 12.7. The molecule has 1 fully saturated rings. The molecule has 0 amide bonds. The molecule has 1 atom stereocenters. The smallest absolute Gasteiger partial charge is 0.309 e. The molecular formula is C21H22O3S. The average Bonchev–Trinajstić information content (AvgIpc) is 3.16. The minimum Gasteiger partial charge on any atom is -0.449 e. The Labute approximate surface area is 152 Å². The molecule has 2 aliphatic heterocycles. The van der Waals surface area contributed by atoms with Gasteiger partial charge in [0.1, 0.15) is 0 Å². The van der Waals surface area contributed by atoms with E-state index in [1.807, 2.05) is 38.1 Å². The summed E-state index contributed by atoms with van der Waals surface area (Å²) in [5.41, 5.74) is 1.41. The first kappa shape index (κ1) is 16.7. The lowest BCUT2D eigenvalue weighted by atomic mass is 9.74. The van der Waals surface area contributed by atoms with Crippen molar-refractivity contribution in [3.05, 3.63) is 59.7 Å². The van der Waals surface area contributed by atoms with Crippen LogP contribution in [0.1, 0.15) is 31.4 Å². The Morgan fingerprint density at radius 3 is 2.24 bits per heavy atom. The van der Waals surface area contributed by atoms with Crippen LogP contribution < -0.4 is 0 Å². The number of ether oxygens (including phenoxy) is 2. The summed E-state index contributed by atoms with van der Waals surface area (Å²) in [5, 5.41) is 0. The van der Waals surface area contributed by atoms with Crippen LogP contribution >= 0.6 is 11.8 Å². The molecule has 0 aliphatic carbocycles. The van der Waals surface area contributed by atoms with Gasteiger partial charge >= 0.3 is 5.97 Å². The Morgan fingerprint density at radius 1 is 1.12 bits per heavy atom. The molecular weight excluding hydrogens is 332 g/mol. The van der Waals surface area contributed by atoms with Gasteiger partial charge in [0.25, 0.3) is 0 Å². The van der Waals surface area contributed by atoms with Gasteiger partial charge in [-0.3, -0.25) is 4.79 Å². The topological polar surface area (TPSA) is 35.5 Å². The van der Waals surface area contributed by atoms with Gasteiger partial charge in [0, 0.05) is 33.4 Å². The number of fused-ring (bicyclic) bond motifs is 2. The van der Waals surface area contributed by atoms with E-state index < -0.39 is 5.60 Å². The number of hydrogen-bond donors (Lipinski definition) is 0. The molecule has 4 heteroatoms. The number of carbonyl (C=O) groups is 1. The van der Waals surface area contributed by atoms with E-state index in [0.29, 0.717) is 13.2 Å². The van der Waals surface area contributed by atoms with Gasteiger partial charge in [0.15, 0.2) is 5.60 Å². The predicted octanol–water partition coefficient (Wildman–Crippen LogP) is 4.63. The van der Waals surface area contributed by atoms with E-state index in [9.17, 15) is 4.79 Å². The van der Waals surface area contributed by atoms with Crippen LogP contribution in [-0.2, 0) is 19.9 Å². The molecule has 0 saturated carbocycles. The summed E-state index contributed by atoms with van der Waals surface area (Å²) < 4.78 is 12.1. The summed E-state index contributed by atoms with van der Waals surface area (Å²) in [7, 11) is 0. The van der Waals surface area contributed by atoms with Crippen molar-refractivity contribution in [2.45, 2.75) is 35.7 Å². The van der Waals surface area contributed by atoms with Crippen LogP contribution in [0.5, 0.6) is 0 Å². The van der Waals surface area contributed by atoms with Gasteiger partial charge in [0.05, 0.1) is 12.5 Å². The molecule has 0 aromatic heterocycles. The van der Waals surface area contributed by atoms with Crippen LogP contribution in [0.3, 0.4) is 0 Å². The second-order valence-electron chi connectivity index (χ2n) is 6.97. The minimum absolute atomic E-state index is 0.124. The van der Waals surface area contributed by atoms with Crippen molar-refractivity contribution in [1.29, 1.82) is 0 Å². The molecule has 0 N–H and O–H groups in total. The van der Waals surface area contributed by atoms with Gasteiger partial charge < -0.3 is 9.47 Å². The lowest BCUT2D eigenvalue weighted by molar-refractivity contribution is -0.167. The monoisotopic (exact) mass is 354 g/mol. The average molecular weight is 354 g/mol. The molecule has 130 valence electrons. The summed E-state index contributed by atoms with van der Waals surface area (Å²) in [5.74, 6) is -0.213. The maximum absolute atomic E-state index is 12.7. The Balaban J connectivity index is 1.96. The Bertz CT molecular complexity index is 748. The van der Waals surface area contributed by atoms with Gasteiger partial charge in [-0.1, -0.05) is 62.0 Å². The van der Waals surface area contributed by atoms with Gasteiger partial charge in [-0.25, -0.2) is 0 Å². The fourth-order valence-electron chi connectivity index (χ4n) is 3.75. The molecule has 25 heavy (non-hydrogen) atoms. The summed E-state index contributed by atoms with van der Waals surface area (Å²) in [6, 6.07) is 16.6. The zero-order chi connectivity index (χ0) is 17.4. The Morgan fingerprint density at radius 2 is 1.72 bits per heavy atom. The van der Waals surface area contributed by atoms with Gasteiger partial charge in [-0.2, -0.15) is 0 Å². The second-order valence-corrected chi connectivity index (χ2v) is 8.05. The SMILES string of the molecule is CC(C)C(=O)OC1(C2CCOC2)c2ccccc2Sc2ccccc21. The first-order chi connectivity index (χ1) is 12.1. The van der Waals surface area contributed by atoms with E-state index >= 15 is 0 Å². The number of carbonyl (C=O) groups excluding carboxylic acids is 1. The number of benzene rings is 2. The zero-order valence-corrected chi connectivity index (χ0v) is 15.3. The number of esters is 1. The van der Waals surface area contributed by atoms with E-state index in [4.69, 9.17) is 9.47 Å². The van der Waals surface area contributed by atoms with Crippen molar-refractivity contribution in [3.63, 3.8) is 0 Å². The second kappa shape index (κ2) is 6.50. The fourth-order valence-corrected chi connectivity index (χ4v) is 4.94. The zero-order valence-electron chi connectivity index (χ0n) is 14.5. The number of rotatable bonds is 3. The summed E-state index contributed by atoms with van der Waals surface area (Å²) in [4.78, 5) is 15.0. The highest BCUT2D eigenvalue weighted by Crippen LogP contribution is 2.54. The van der Waals surface area contributed by atoms with Crippen molar-refractivity contribution in [2.24, 2.45) is 11.8 Å². The lowest BCUT2D eigenvalue weighted by Crippen LogP contribution is -2.44. The standard InChI is InChI=1S/C21H22O3S/c1-14(2)20(22)24-21(15-11-12-23-13-15)16-7-3-5-9-18(16)25-19-10-6-4-8-17(19)21/h3-10,14-15H,11-13H2,1-2H3. The quantitative estimate of drug-likeness (QED) is 0.753. The molecule has 2 aliphatic rings. The van der Waals surface area contributed by atoms with Crippen molar-refractivity contribution >= 4 is 17.7 Å². The fraction of sp³-hybridized carbons (Fsp3) is 0.381. The lowest BCUT2D eigenvalue weighted by Gasteiger charge is -2.43. The first-order valence-electron chi connectivity index (χ1n) is 8.80. The highest BCUT2D eigenvalue weighted by atomic mass is 32.2. The Hall–Kier alpha value is -1.78. The molecule has 1 unspecified atom stereocenters. The Kier molecular flexibility index (Phi) is 4.34. The van der Waals surface area contributed by atoms with Crippen molar-refractivity contribution in [1.82, 2.24) is 0 Å². The molecule has 1 saturated heterocycles. The van der Waals surface area contributed by atoms with Crippen LogP contribution in [0, 0.1) is 11.8 Å². The third-order valence-corrected chi connectivity index (χ3v) is 6.18. The molecule has 0 bridgehead atoms. The predicted molar refractivity (Wildman–Crippen MR) is 97.6 cm³/mol. The van der Waals surface area contributed by atoms with Crippen LogP contribution in [0.4, 0.5) is 0 Å². The van der Waals surface area contributed by atoms with Crippen LogP contribution in [0.2, 0.25) is 0 Å². The summed E-state index contributed by atoms with van der Waals surface area (Å²) >= 11 is 1.75. The van der Waals surface area contributed by atoms with Crippen molar-refractivity contribution < 1.29 is 14.3 Å². The summed E-state index contributed by atoms with van der Waals surface area (Å²) in [6.45, 7) is 5.09. The largest absolute Gasteiger partial charge is 0.449 e. The number of hydrogen-bond acceptors (Lipinski definition) is 4. The molecule has 3 nitrogen and oxygen atoms in total. The molecule has 0 spiro atoms. The van der Waals surface area contributed by atoms with Crippen molar-refractivity contribution in [3.8, 4) is 0 Å².